The molecule has 0 aliphatic carbocycles. The van der Waals surface area contributed by atoms with E-state index < -0.39 is 23.7 Å². The Balaban J connectivity index is 2.34. The predicted molar refractivity (Wildman–Crippen MR) is 89.8 cm³/mol. The van der Waals surface area contributed by atoms with Gasteiger partial charge in [-0.2, -0.15) is 13.2 Å². The third-order valence-electron chi connectivity index (χ3n) is 3.31. The van der Waals surface area contributed by atoms with Crippen LogP contribution in [-0.2, 0) is 0 Å². The molecule has 134 valence electrons. The summed E-state index contributed by atoms with van der Waals surface area (Å²) in [4.78, 5) is 12.6. The number of alkyl halides is 3. The number of nitrogens with zero attached hydrogens (tertiary/aromatic N) is 1. The number of carbonyl (C=O) groups is 1. The van der Waals surface area contributed by atoms with Crippen LogP contribution in [0.15, 0.2) is 41.3 Å². The molecule has 0 heterocycles. The molecule has 0 bridgehead atoms. The standard InChI is InChI=1S/C16H15F4N3OS/c1-9-6-11(17)13(7-14(9)25-8-16(18,19)20)23(22)15(24)10-4-2-3-5-12(10)21/h2-7H,8,21-22H2,1H3. The van der Waals surface area contributed by atoms with Gasteiger partial charge in [-0.25, -0.2) is 15.2 Å². The molecule has 4 nitrogen and oxygen atoms in total. The molecule has 25 heavy (non-hydrogen) atoms. The zero-order valence-corrected chi connectivity index (χ0v) is 13.9. The van der Waals surface area contributed by atoms with Crippen molar-refractivity contribution >= 4 is 29.0 Å². The number of thioether (sulfide) groups is 1. The van der Waals surface area contributed by atoms with Crippen LogP contribution < -0.4 is 16.6 Å². The van der Waals surface area contributed by atoms with Crippen LogP contribution in [0.1, 0.15) is 15.9 Å². The SMILES string of the molecule is Cc1cc(F)c(N(N)C(=O)c2ccccc2N)cc1SCC(F)(F)F. The van der Waals surface area contributed by atoms with E-state index in [-0.39, 0.29) is 21.8 Å². The molecule has 2 rings (SSSR count). The molecule has 2 aromatic rings. The second-order valence-corrected chi connectivity index (χ2v) is 6.25. The van der Waals surface area contributed by atoms with Crippen molar-refractivity contribution in [1.29, 1.82) is 0 Å². The van der Waals surface area contributed by atoms with E-state index >= 15 is 0 Å². The van der Waals surface area contributed by atoms with Gasteiger partial charge in [-0.3, -0.25) is 4.79 Å². The van der Waals surface area contributed by atoms with E-state index in [4.69, 9.17) is 11.6 Å². The summed E-state index contributed by atoms with van der Waals surface area (Å²) in [7, 11) is 0. The number of hydrogen-bond acceptors (Lipinski definition) is 4. The second-order valence-electron chi connectivity index (χ2n) is 5.24. The third-order valence-corrected chi connectivity index (χ3v) is 4.53. The number of nitrogen functional groups attached to an aromatic ring is 1. The molecular weight excluding hydrogens is 358 g/mol. The normalized spacial score (nSPS) is 11.4. The van der Waals surface area contributed by atoms with Gasteiger partial charge in [0.15, 0.2) is 0 Å². The first-order valence-electron chi connectivity index (χ1n) is 7.03. The number of amides is 1. The number of nitrogens with two attached hydrogens (primary N) is 2. The van der Waals surface area contributed by atoms with Gasteiger partial charge in [-0.1, -0.05) is 12.1 Å². The van der Waals surface area contributed by atoms with E-state index in [0.717, 1.165) is 12.1 Å². The number of benzene rings is 2. The van der Waals surface area contributed by atoms with Crippen LogP contribution in [0.2, 0.25) is 0 Å². The summed E-state index contributed by atoms with van der Waals surface area (Å²) in [6.07, 6.45) is -4.37. The maximum absolute atomic E-state index is 14.2. The third kappa shape index (κ3) is 4.64. The van der Waals surface area contributed by atoms with Gasteiger partial charge in [0.1, 0.15) is 5.82 Å². The lowest BCUT2D eigenvalue weighted by Gasteiger charge is -2.20. The zero-order chi connectivity index (χ0) is 18.8. The van der Waals surface area contributed by atoms with Crippen molar-refractivity contribution in [3.63, 3.8) is 0 Å². The van der Waals surface area contributed by atoms with E-state index in [1.807, 2.05) is 0 Å². The molecule has 0 saturated heterocycles. The average molecular weight is 373 g/mol. The highest BCUT2D eigenvalue weighted by atomic mass is 32.2. The van der Waals surface area contributed by atoms with Crippen molar-refractivity contribution in [1.82, 2.24) is 0 Å². The van der Waals surface area contributed by atoms with Gasteiger partial charge >= 0.3 is 6.18 Å². The molecule has 0 aromatic heterocycles. The summed E-state index contributed by atoms with van der Waals surface area (Å²) in [6.45, 7) is 1.48. The number of hydrazine groups is 1. The van der Waals surface area contributed by atoms with Crippen molar-refractivity contribution < 1.29 is 22.4 Å². The molecule has 0 radical (unpaired) electrons. The predicted octanol–water partition coefficient (Wildman–Crippen LogP) is 3.89. The second kappa shape index (κ2) is 7.32. The van der Waals surface area contributed by atoms with Gasteiger partial charge in [0.05, 0.1) is 17.0 Å². The summed E-state index contributed by atoms with van der Waals surface area (Å²) in [5.74, 6) is 2.97. The average Bonchev–Trinajstić information content (AvgIpc) is 2.52. The van der Waals surface area contributed by atoms with Gasteiger partial charge in [0.2, 0.25) is 0 Å². The zero-order valence-electron chi connectivity index (χ0n) is 13.1. The van der Waals surface area contributed by atoms with Crippen molar-refractivity contribution in [2.24, 2.45) is 5.84 Å². The van der Waals surface area contributed by atoms with Crippen LogP contribution in [-0.4, -0.2) is 17.8 Å². The largest absolute Gasteiger partial charge is 0.398 e. The first-order valence-corrected chi connectivity index (χ1v) is 8.02. The topological polar surface area (TPSA) is 72.3 Å². The molecule has 0 spiro atoms. The Hall–Kier alpha value is -2.26. The highest BCUT2D eigenvalue weighted by Gasteiger charge is 2.28. The monoisotopic (exact) mass is 373 g/mol. The van der Waals surface area contributed by atoms with Crippen LogP contribution >= 0.6 is 11.8 Å². The van der Waals surface area contributed by atoms with Crippen LogP contribution in [0.5, 0.6) is 0 Å². The fraction of sp³-hybridized carbons (Fsp3) is 0.188. The minimum Gasteiger partial charge on any atom is -0.398 e. The van der Waals surface area contributed by atoms with E-state index in [2.05, 4.69) is 0 Å². The van der Waals surface area contributed by atoms with Crippen molar-refractivity contribution in [3.05, 3.63) is 53.3 Å². The number of rotatable bonds is 4. The summed E-state index contributed by atoms with van der Waals surface area (Å²) in [5.41, 5.74) is 5.90. The highest BCUT2D eigenvalue weighted by molar-refractivity contribution is 7.99. The number of carbonyl (C=O) groups excluding carboxylic acids is 1. The van der Waals surface area contributed by atoms with Gasteiger partial charge < -0.3 is 5.73 Å². The molecule has 1 amide bonds. The summed E-state index contributed by atoms with van der Waals surface area (Å²) >= 11 is 0.495. The summed E-state index contributed by atoms with van der Waals surface area (Å²) in [5, 5.41) is 0.540. The fourth-order valence-corrected chi connectivity index (χ4v) is 2.87. The number of para-hydroxylation sites is 1. The lowest BCUT2D eigenvalue weighted by atomic mass is 10.1. The Kier molecular flexibility index (Phi) is 5.58. The van der Waals surface area contributed by atoms with Crippen molar-refractivity contribution in [3.8, 4) is 0 Å². The molecule has 9 heteroatoms. The Morgan fingerprint density at radius 1 is 1.24 bits per heavy atom. The Morgan fingerprint density at radius 3 is 2.48 bits per heavy atom. The molecule has 0 aliphatic heterocycles. The van der Waals surface area contributed by atoms with E-state index in [1.54, 1.807) is 12.1 Å². The minimum absolute atomic E-state index is 0.0643. The van der Waals surface area contributed by atoms with Gasteiger partial charge in [-0.05, 0) is 36.8 Å². The molecule has 0 aliphatic rings. The Morgan fingerprint density at radius 2 is 1.88 bits per heavy atom. The van der Waals surface area contributed by atoms with Crippen LogP contribution in [0.25, 0.3) is 0 Å². The molecular formula is C16H15F4N3OS. The van der Waals surface area contributed by atoms with Crippen molar-refractivity contribution in [2.75, 3.05) is 16.5 Å². The first kappa shape index (κ1) is 19.1. The molecule has 4 N–H and O–H groups in total. The lowest BCUT2D eigenvalue weighted by molar-refractivity contribution is -0.105. The van der Waals surface area contributed by atoms with Crippen molar-refractivity contribution in [2.45, 2.75) is 18.0 Å². The molecule has 2 aromatic carbocycles. The Bertz CT molecular complexity index is 795. The lowest BCUT2D eigenvalue weighted by Crippen LogP contribution is -2.38. The molecule has 0 atom stereocenters. The maximum Gasteiger partial charge on any atom is 0.398 e. The summed E-state index contributed by atoms with van der Waals surface area (Å²) < 4.78 is 51.4. The van der Waals surface area contributed by atoms with Crippen LogP contribution in [0, 0.1) is 12.7 Å². The highest BCUT2D eigenvalue weighted by Crippen LogP contribution is 2.33. The van der Waals surface area contributed by atoms with E-state index in [0.29, 0.717) is 22.3 Å². The number of aryl methyl sites for hydroxylation is 1. The van der Waals surface area contributed by atoms with Crippen LogP contribution in [0.3, 0.4) is 0 Å². The van der Waals surface area contributed by atoms with E-state index in [1.165, 1.54) is 19.1 Å². The van der Waals surface area contributed by atoms with E-state index in [9.17, 15) is 22.4 Å². The number of anilines is 2. The summed E-state index contributed by atoms with van der Waals surface area (Å²) in [6, 6.07) is 8.24. The first-order chi connectivity index (χ1) is 11.6. The van der Waals surface area contributed by atoms with Gasteiger partial charge in [0.25, 0.3) is 5.91 Å². The van der Waals surface area contributed by atoms with Crippen LogP contribution in [0.4, 0.5) is 28.9 Å². The fourth-order valence-electron chi connectivity index (χ4n) is 2.07. The quantitative estimate of drug-likeness (QED) is 0.213. The number of halogens is 4. The van der Waals surface area contributed by atoms with Gasteiger partial charge in [0, 0.05) is 10.6 Å². The molecule has 0 saturated carbocycles. The Labute approximate surface area is 145 Å². The smallest absolute Gasteiger partial charge is 0.398 e. The van der Waals surface area contributed by atoms with Gasteiger partial charge in [-0.15, -0.1) is 11.8 Å². The molecule has 0 unspecified atom stereocenters. The number of hydrogen-bond donors (Lipinski definition) is 2. The maximum atomic E-state index is 14.2. The minimum atomic E-state index is -4.37. The molecule has 0 fully saturated rings.